The van der Waals surface area contributed by atoms with Crippen LogP contribution in [0.4, 0.5) is 0 Å². The lowest BCUT2D eigenvalue weighted by molar-refractivity contribution is -0.0212. The third-order valence-electron chi connectivity index (χ3n) is 4.49. The van der Waals surface area contributed by atoms with Crippen molar-refractivity contribution in [3.05, 3.63) is 35.4 Å². The highest BCUT2D eigenvalue weighted by Gasteiger charge is 2.16. The van der Waals surface area contributed by atoms with Gasteiger partial charge in [0.1, 0.15) is 0 Å². The van der Waals surface area contributed by atoms with Gasteiger partial charge in [-0.25, -0.2) is 4.99 Å². The van der Waals surface area contributed by atoms with Gasteiger partial charge < -0.3 is 15.8 Å². The highest BCUT2D eigenvalue weighted by atomic mass is 127. The van der Waals surface area contributed by atoms with Crippen LogP contribution in [0.15, 0.2) is 29.3 Å². The first-order valence-electron chi connectivity index (χ1n) is 9.63. The average Bonchev–Trinajstić information content (AvgIpc) is 2.60. The number of hydrogen-bond donors (Lipinski definition) is 2. The number of guanidine groups is 1. The summed E-state index contributed by atoms with van der Waals surface area (Å²) in [6, 6.07) is 8.64. The highest BCUT2D eigenvalue weighted by Crippen LogP contribution is 2.12. The second-order valence-electron chi connectivity index (χ2n) is 6.93. The van der Waals surface area contributed by atoms with E-state index in [0.717, 1.165) is 39.2 Å². The van der Waals surface area contributed by atoms with Crippen LogP contribution in [0.25, 0.3) is 0 Å². The standard InChI is InChI=1S/C20H34N4O.HI/c1-3-4-5-6-10-22-20(21)23-14-18-8-7-9-19(13-18)16-24-11-12-25-17(2)15-24;/h7-9,13,17H,3-6,10-12,14-16H2,1-2H3,(H3,21,22,23);1H. The van der Waals surface area contributed by atoms with E-state index in [9.17, 15) is 0 Å². The minimum absolute atomic E-state index is 0. The molecular weight excluding hydrogens is 439 g/mol. The van der Waals surface area contributed by atoms with Crippen LogP contribution < -0.4 is 11.1 Å². The van der Waals surface area contributed by atoms with Crippen molar-refractivity contribution in [2.45, 2.75) is 58.7 Å². The Morgan fingerprint density at radius 2 is 2.12 bits per heavy atom. The Balaban J connectivity index is 0.00000338. The van der Waals surface area contributed by atoms with Gasteiger partial charge in [0, 0.05) is 26.2 Å². The molecule has 1 atom stereocenters. The van der Waals surface area contributed by atoms with Crippen LogP contribution in [0.2, 0.25) is 0 Å². The summed E-state index contributed by atoms with van der Waals surface area (Å²) in [5, 5.41) is 3.20. The lowest BCUT2D eigenvalue weighted by Gasteiger charge is -2.31. The van der Waals surface area contributed by atoms with Crippen molar-refractivity contribution in [3.63, 3.8) is 0 Å². The molecule has 0 amide bonds. The van der Waals surface area contributed by atoms with Crippen molar-refractivity contribution in [3.8, 4) is 0 Å². The number of hydrogen-bond acceptors (Lipinski definition) is 3. The van der Waals surface area contributed by atoms with E-state index in [-0.39, 0.29) is 24.0 Å². The maximum Gasteiger partial charge on any atom is 0.188 e. The van der Waals surface area contributed by atoms with Crippen molar-refractivity contribution in [2.24, 2.45) is 10.7 Å². The van der Waals surface area contributed by atoms with E-state index in [0.29, 0.717) is 18.6 Å². The topological polar surface area (TPSA) is 62.9 Å². The molecule has 1 fully saturated rings. The first-order valence-corrected chi connectivity index (χ1v) is 9.63. The molecule has 3 N–H and O–H groups in total. The molecule has 1 aromatic carbocycles. The molecule has 1 heterocycles. The van der Waals surface area contributed by atoms with Crippen molar-refractivity contribution in [1.82, 2.24) is 10.2 Å². The number of nitrogens with one attached hydrogen (secondary N) is 1. The second-order valence-corrected chi connectivity index (χ2v) is 6.93. The minimum Gasteiger partial charge on any atom is -0.376 e. The third kappa shape index (κ3) is 9.19. The van der Waals surface area contributed by atoms with Gasteiger partial charge in [-0.15, -0.1) is 24.0 Å². The van der Waals surface area contributed by atoms with Gasteiger partial charge in [-0.3, -0.25) is 4.90 Å². The van der Waals surface area contributed by atoms with Gasteiger partial charge in [-0.2, -0.15) is 0 Å². The predicted molar refractivity (Wildman–Crippen MR) is 120 cm³/mol. The summed E-state index contributed by atoms with van der Waals surface area (Å²) in [5.74, 6) is 0.545. The Morgan fingerprint density at radius 3 is 2.88 bits per heavy atom. The lowest BCUT2D eigenvalue weighted by atomic mass is 10.1. The molecule has 5 nitrogen and oxygen atoms in total. The Bertz CT molecular complexity index is 538. The Hall–Kier alpha value is -0.860. The van der Waals surface area contributed by atoms with E-state index in [1.165, 1.54) is 30.4 Å². The van der Waals surface area contributed by atoms with Crippen LogP contribution in [0, 0.1) is 0 Å². The van der Waals surface area contributed by atoms with E-state index in [2.05, 4.69) is 53.3 Å². The third-order valence-corrected chi connectivity index (χ3v) is 4.49. The maximum atomic E-state index is 5.96. The van der Waals surface area contributed by atoms with Gasteiger partial charge >= 0.3 is 0 Å². The number of nitrogens with two attached hydrogens (primary N) is 1. The smallest absolute Gasteiger partial charge is 0.188 e. The molecule has 1 unspecified atom stereocenters. The lowest BCUT2D eigenvalue weighted by Crippen LogP contribution is -2.40. The summed E-state index contributed by atoms with van der Waals surface area (Å²) in [7, 11) is 0. The second kappa shape index (κ2) is 13.3. The van der Waals surface area contributed by atoms with Crippen molar-refractivity contribution < 1.29 is 4.74 Å². The number of morpholine rings is 1. The SMILES string of the molecule is CCCCCCNC(N)=NCc1cccc(CN2CCOC(C)C2)c1.I. The van der Waals surface area contributed by atoms with E-state index in [1.54, 1.807) is 0 Å². The molecule has 148 valence electrons. The number of nitrogens with zero attached hydrogens (tertiary/aromatic N) is 2. The van der Waals surface area contributed by atoms with Crippen molar-refractivity contribution in [1.29, 1.82) is 0 Å². The van der Waals surface area contributed by atoms with Crippen LogP contribution in [0.1, 0.15) is 50.7 Å². The summed E-state index contributed by atoms with van der Waals surface area (Å²) in [5.41, 5.74) is 8.49. The minimum atomic E-state index is 0. The van der Waals surface area contributed by atoms with Gasteiger partial charge in [-0.1, -0.05) is 50.5 Å². The largest absolute Gasteiger partial charge is 0.376 e. The maximum absolute atomic E-state index is 5.96. The summed E-state index contributed by atoms with van der Waals surface area (Å²) >= 11 is 0. The molecule has 0 aromatic heterocycles. The number of ether oxygens (including phenoxy) is 1. The summed E-state index contributed by atoms with van der Waals surface area (Å²) < 4.78 is 5.61. The first kappa shape index (κ1) is 23.2. The van der Waals surface area contributed by atoms with Crippen LogP contribution in [0.3, 0.4) is 0 Å². The van der Waals surface area contributed by atoms with E-state index >= 15 is 0 Å². The predicted octanol–water partition coefficient (Wildman–Crippen LogP) is 3.51. The number of unbranched alkanes of at least 4 members (excludes halogenated alkanes) is 3. The molecule has 1 saturated heterocycles. The number of benzene rings is 1. The molecule has 2 rings (SSSR count). The molecule has 1 aliphatic rings. The Morgan fingerprint density at radius 1 is 1.31 bits per heavy atom. The number of aliphatic imine (C=N–C) groups is 1. The van der Waals surface area contributed by atoms with Crippen molar-refractivity contribution >= 4 is 29.9 Å². The van der Waals surface area contributed by atoms with Gasteiger partial charge in [0.25, 0.3) is 0 Å². The van der Waals surface area contributed by atoms with E-state index in [1.807, 2.05) is 0 Å². The molecule has 0 saturated carbocycles. The zero-order valence-electron chi connectivity index (χ0n) is 16.2. The molecule has 0 spiro atoms. The Labute approximate surface area is 175 Å². The highest BCUT2D eigenvalue weighted by molar-refractivity contribution is 14.0. The zero-order valence-corrected chi connectivity index (χ0v) is 18.6. The first-order chi connectivity index (χ1) is 12.2. The summed E-state index contributed by atoms with van der Waals surface area (Å²) in [6.45, 7) is 9.68. The van der Waals surface area contributed by atoms with Gasteiger partial charge in [0.15, 0.2) is 5.96 Å². The van der Waals surface area contributed by atoms with Crippen LogP contribution in [-0.4, -0.2) is 43.2 Å². The molecule has 0 aliphatic carbocycles. The van der Waals surface area contributed by atoms with E-state index < -0.39 is 0 Å². The average molecular weight is 474 g/mol. The molecular formula is C20H35IN4O. The van der Waals surface area contributed by atoms with Gasteiger partial charge in [0.2, 0.25) is 0 Å². The van der Waals surface area contributed by atoms with Crippen LogP contribution >= 0.6 is 24.0 Å². The fourth-order valence-electron chi connectivity index (χ4n) is 3.12. The number of halogens is 1. The fraction of sp³-hybridized carbons (Fsp3) is 0.650. The molecule has 1 aliphatic heterocycles. The number of rotatable bonds is 9. The van der Waals surface area contributed by atoms with Crippen LogP contribution in [0.5, 0.6) is 0 Å². The van der Waals surface area contributed by atoms with Gasteiger partial charge in [-0.05, 0) is 24.5 Å². The van der Waals surface area contributed by atoms with E-state index in [4.69, 9.17) is 10.5 Å². The monoisotopic (exact) mass is 474 g/mol. The van der Waals surface area contributed by atoms with Crippen LogP contribution in [-0.2, 0) is 17.8 Å². The fourth-order valence-corrected chi connectivity index (χ4v) is 3.12. The summed E-state index contributed by atoms with van der Waals surface area (Å²) in [6.07, 6.45) is 5.26. The molecule has 0 radical (unpaired) electrons. The Kier molecular flexibility index (Phi) is 11.9. The normalized spacial score (nSPS) is 18.4. The molecule has 6 heteroatoms. The molecule has 26 heavy (non-hydrogen) atoms. The molecule has 1 aromatic rings. The molecule has 0 bridgehead atoms. The quantitative estimate of drug-likeness (QED) is 0.249. The van der Waals surface area contributed by atoms with Gasteiger partial charge in [0.05, 0.1) is 19.3 Å². The van der Waals surface area contributed by atoms with Crippen molar-refractivity contribution in [2.75, 3.05) is 26.2 Å². The summed E-state index contributed by atoms with van der Waals surface area (Å²) in [4.78, 5) is 6.91. The zero-order chi connectivity index (χ0) is 17.9.